The normalized spacial score (nSPS) is 24.0. The van der Waals surface area contributed by atoms with Gasteiger partial charge in [0.1, 0.15) is 5.25 Å². The van der Waals surface area contributed by atoms with Crippen molar-refractivity contribution in [2.24, 2.45) is 4.99 Å². The van der Waals surface area contributed by atoms with Crippen molar-refractivity contribution in [2.75, 3.05) is 0 Å². The Bertz CT molecular complexity index is 842. The minimum absolute atomic E-state index is 0.105. The number of benzene rings is 2. The van der Waals surface area contributed by atoms with E-state index in [1.54, 1.807) is 36.4 Å². The zero-order valence-electron chi connectivity index (χ0n) is 11.8. The Morgan fingerprint density at radius 3 is 2.45 bits per heavy atom. The number of rotatable bonds is 2. The number of nitrogens with zero attached hydrogens (tertiary/aromatic N) is 1. The summed E-state index contributed by atoms with van der Waals surface area (Å²) in [6.45, 7) is 1.87. The fraction of sp³-hybridized carbons (Fsp3) is 0.188. The van der Waals surface area contributed by atoms with Gasteiger partial charge in [0.05, 0.1) is 10.6 Å². The minimum atomic E-state index is -3.86. The first-order chi connectivity index (χ1) is 10.3. The molecule has 0 radical (unpaired) electrons. The van der Waals surface area contributed by atoms with E-state index < -0.39 is 20.1 Å². The van der Waals surface area contributed by atoms with Crippen LogP contribution in [0.5, 0.6) is 0 Å². The van der Waals surface area contributed by atoms with Crippen molar-refractivity contribution in [3.05, 3.63) is 59.7 Å². The van der Waals surface area contributed by atoms with Gasteiger partial charge in [-0.05, 0) is 25.1 Å². The molecule has 0 aromatic heterocycles. The Labute approximate surface area is 134 Å². The number of hydrogen-bond donors (Lipinski definition) is 1. The second kappa shape index (κ2) is 5.19. The summed E-state index contributed by atoms with van der Waals surface area (Å²) in [6.07, 6.45) is 1.20. The predicted molar refractivity (Wildman–Crippen MR) is 86.5 cm³/mol. The van der Waals surface area contributed by atoms with Crippen LogP contribution in [-0.4, -0.2) is 25.0 Å². The average Bonchev–Trinajstić information content (AvgIpc) is 2.47. The maximum Gasteiger partial charge on any atom is 0.190 e. The maximum absolute atomic E-state index is 12.8. The van der Waals surface area contributed by atoms with Crippen LogP contribution in [0.3, 0.4) is 0 Å². The first-order valence-corrected chi connectivity index (χ1v) is 8.61. The van der Waals surface area contributed by atoms with Gasteiger partial charge in [-0.2, -0.15) is 0 Å². The van der Waals surface area contributed by atoms with E-state index in [1.807, 2.05) is 6.92 Å². The van der Waals surface area contributed by atoms with Gasteiger partial charge in [-0.25, -0.2) is 8.42 Å². The summed E-state index contributed by atoms with van der Waals surface area (Å²) in [5, 5.41) is 7.23. The molecule has 0 aliphatic carbocycles. The third-order valence-electron chi connectivity index (χ3n) is 3.69. The van der Waals surface area contributed by atoms with E-state index in [0.717, 1.165) is 5.56 Å². The number of aliphatic imine (C=N–C) groups is 1. The van der Waals surface area contributed by atoms with E-state index in [2.05, 4.69) is 4.99 Å². The van der Waals surface area contributed by atoms with Crippen LogP contribution < -0.4 is 0 Å². The van der Waals surface area contributed by atoms with Gasteiger partial charge in [0.15, 0.2) is 14.9 Å². The van der Waals surface area contributed by atoms with Gasteiger partial charge in [-0.3, -0.25) is 4.99 Å². The molecule has 6 heteroatoms. The van der Waals surface area contributed by atoms with Crippen LogP contribution in [0.25, 0.3) is 0 Å². The number of hydrogen-bond acceptors (Lipinski definition) is 4. The molecule has 0 amide bonds. The summed E-state index contributed by atoms with van der Waals surface area (Å²) in [5.41, 5.74) is 1.71. The van der Waals surface area contributed by atoms with Crippen molar-refractivity contribution in [1.29, 1.82) is 0 Å². The average molecular weight is 336 g/mol. The Balaban J connectivity index is 2.11. The molecule has 0 saturated heterocycles. The Hall–Kier alpha value is -1.69. The summed E-state index contributed by atoms with van der Waals surface area (Å²) >= 11 is 6.22. The largest absolute Gasteiger partial charge is 0.369 e. The van der Waals surface area contributed by atoms with Crippen molar-refractivity contribution < 1.29 is 13.5 Å². The fourth-order valence-corrected chi connectivity index (χ4v) is 4.58. The number of alkyl halides is 1. The molecular weight excluding hydrogens is 322 g/mol. The van der Waals surface area contributed by atoms with Gasteiger partial charge in [0.2, 0.25) is 0 Å². The molecule has 114 valence electrons. The molecule has 1 heterocycles. The molecule has 0 bridgehead atoms. The van der Waals surface area contributed by atoms with Crippen LogP contribution in [0, 0.1) is 6.92 Å². The molecule has 0 fully saturated rings. The molecule has 2 aromatic carbocycles. The standard InChI is InChI=1S/C16H14ClNO3S/c1-11-6-8-12(9-7-11)22(20,21)15-10-18-14-5-3-2-4-13(14)16(15,17)19/h2-10,15,19H,1H3. The van der Waals surface area contributed by atoms with Gasteiger partial charge < -0.3 is 5.11 Å². The molecule has 2 aromatic rings. The van der Waals surface area contributed by atoms with Crippen LogP contribution >= 0.6 is 11.6 Å². The van der Waals surface area contributed by atoms with E-state index in [0.29, 0.717) is 11.3 Å². The monoisotopic (exact) mass is 335 g/mol. The quantitative estimate of drug-likeness (QED) is 0.858. The van der Waals surface area contributed by atoms with E-state index in [-0.39, 0.29) is 4.90 Å². The third kappa shape index (κ3) is 2.35. The van der Waals surface area contributed by atoms with Gasteiger partial charge in [0.25, 0.3) is 0 Å². The number of para-hydroxylation sites is 1. The molecule has 1 aliphatic heterocycles. The highest BCUT2D eigenvalue weighted by Gasteiger charge is 2.47. The molecule has 4 nitrogen and oxygen atoms in total. The summed E-state index contributed by atoms with van der Waals surface area (Å²) in [4.78, 5) is 4.24. The summed E-state index contributed by atoms with van der Waals surface area (Å²) in [5.74, 6) is 0. The van der Waals surface area contributed by atoms with Gasteiger partial charge in [-0.1, -0.05) is 47.5 Å². The topological polar surface area (TPSA) is 66.7 Å². The molecule has 0 spiro atoms. The Kier molecular flexibility index (Phi) is 3.59. The molecule has 2 unspecified atom stereocenters. The summed E-state index contributed by atoms with van der Waals surface area (Å²) < 4.78 is 25.6. The zero-order valence-corrected chi connectivity index (χ0v) is 13.3. The smallest absolute Gasteiger partial charge is 0.190 e. The lowest BCUT2D eigenvalue weighted by atomic mass is 10.0. The third-order valence-corrected chi connectivity index (χ3v) is 6.32. The number of sulfone groups is 1. The maximum atomic E-state index is 12.8. The van der Waals surface area contributed by atoms with E-state index in [1.165, 1.54) is 18.3 Å². The molecule has 1 aliphatic rings. The van der Waals surface area contributed by atoms with Gasteiger partial charge in [0, 0.05) is 11.8 Å². The number of aliphatic hydroxyl groups is 1. The highest BCUT2D eigenvalue weighted by molar-refractivity contribution is 7.92. The lowest BCUT2D eigenvalue weighted by Crippen LogP contribution is -2.43. The van der Waals surface area contributed by atoms with Crippen molar-refractivity contribution in [3.8, 4) is 0 Å². The van der Waals surface area contributed by atoms with Gasteiger partial charge >= 0.3 is 0 Å². The minimum Gasteiger partial charge on any atom is -0.369 e. The van der Waals surface area contributed by atoms with E-state index >= 15 is 0 Å². The van der Waals surface area contributed by atoms with Crippen LogP contribution in [0.2, 0.25) is 0 Å². The van der Waals surface area contributed by atoms with E-state index in [4.69, 9.17) is 11.6 Å². The lowest BCUT2D eigenvalue weighted by Gasteiger charge is -2.31. The highest BCUT2D eigenvalue weighted by Crippen LogP contribution is 2.42. The van der Waals surface area contributed by atoms with Crippen molar-refractivity contribution in [3.63, 3.8) is 0 Å². The van der Waals surface area contributed by atoms with Crippen molar-refractivity contribution >= 4 is 33.3 Å². The molecule has 1 N–H and O–H groups in total. The molecular formula is C16H14ClNO3S. The first-order valence-electron chi connectivity index (χ1n) is 6.69. The van der Waals surface area contributed by atoms with Crippen LogP contribution in [-0.2, 0) is 14.9 Å². The van der Waals surface area contributed by atoms with E-state index in [9.17, 15) is 13.5 Å². The first kappa shape index (κ1) is 15.2. The SMILES string of the molecule is Cc1ccc(S(=O)(=O)C2C=Nc3ccccc3C2(O)Cl)cc1. The molecule has 22 heavy (non-hydrogen) atoms. The molecule has 3 rings (SSSR count). The van der Waals surface area contributed by atoms with Crippen LogP contribution in [0.4, 0.5) is 5.69 Å². The summed E-state index contributed by atoms with van der Waals surface area (Å²) in [6, 6.07) is 13.1. The second-order valence-corrected chi connectivity index (χ2v) is 7.89. The number of fused-ring (bicyclic) bond motifs is 1. The highest BCUT2D eigenvalue weighted by atomic mass is 35.5. The zero-order chi connectivity index (χ0) is 16.0. The Morgan fingerprint density at radius 1 is 1.14 bits per heavy atom. The molecule has 2 atom stereocenters. The van der Waals surface area contributed by atoms with Crippen molar-refractivity contribution in [2.45, 2.75) is 22.1 Å². The van der Waals surface area contributed by atoms with Crippen LogP contribution in [0.1, 0.15) is 11.1 Å². The molecule has 0 saturated carbocycles. The van der Waals surface area contributed by atoms with Crippen molar-refractivity contribution in [1.82, 2.24) is 0 Å². The second-order valence-electron chi connectivity index (χ2n) is 5.25. The number of aryl methyl sites for hydroxylation is 1. The lowest BCUT2D eigenvalue weighted by molar-refractivity contribution is 0.139. The fourth-order valence-electron chi connectivity index (χ4n) is 2.44. The Morgan fingerprint density at radius 2 is 1.77 bits per heavy atom. The van der Waals surface area contributed by atoms with Crippen LogP contribution in [0.15, 0.2) is 58.4 Å². The summed E-state index contributed by atoms with van der Waals surface area (Å²) in [7, 11) is -3.86. The number of halogens is 1. The van der Waals surface area contributed by atoms with Gasteiger partial charge in [-0.15, -0.1) is 0 Å². The predicted octanol–water partition coefficient (Wildman–Crippen LogP) is 2.94.